The maximum absolute atomic E-state index is 12.7. The van der Waals surface area contributed by atoms with Crippen LogP contribution < -0.4 is 16.4 Å². The van der Waals surface area contributed by atoms with Crippen molar-refractivity contribution in [2.24, 2.45) is 0 Å². The minimum atomic E-state index is -0.751. The number of benzene rings is 3. The second kappa shape index (κ2) is 7.36. The molecule has 0 unspecified atom stereocenters. The lowest BCUT2D eigenvalue weighted by atomic mass is 10.1. The van der Waals surface area contributed by atoms with Crippen LogP contribution in [0.4, 0.5) is 5.69 Å². The molecule has 0 saturated carbocycles. The van der Waals surface area contributed by atoms with Crippen LogP contribution >= 0.6 is 0 Å². The molecule has 6 heteroatoms. The molecule has 1 aromatic heterocycles. The average molecular weight is 371 g/mol. The highest BCUT2D eigenvalue weighted by molar-refractivity contribution is 5.91. The molecule has 0 spiro atoms. The molecule has 0 aliphatic rings. The van der Waals surface area contributed by atoms with Gasteiger partial charge < -0.3 is 5.32 Å². The molecule has 3 aromatic carbocycles. The summed E-state index contributed by atoms with van der Waals surface area (Å²) in [6.07, 6.45) is 2.97. The van der Waals surface area contributed by atoms with Crippen LogP contribution in [-0.4, -0.2) is 15.0 Å². The van der Waals surface area contributed by atoms with Gasteiger partial charge in [0.05, 0.1) is 5.69 Å². The summed E-state index contributed by atoms with van der Waals surface area (Å²) in [5, 5.41) is 4.54. The van der Waals surface area contributed by atoms with Gasteiger partial charge in [0.15, 0.2) is 0 Å². The van der Waals surface area contributed by atoms with Gasteiger partial charge in [0.25, 0.3) is 0 Å². The number of aromatic nitrogens is 2. The second-order valence-corrected chi connectivity index (χ2v) is 6.32. The molecule has 0 atom stereocenters. The van der Waals surface area contributed by atoms with Crippen molar-refractivity contribution in [2.75, 3.05) is 5.32 Å². The van der Waals surface area contributed by atoms with E-state index in [1.807, 2.05) is 42.5 Å². The number of amides is 1. The van der Waals surface area contributed by atoms with Gasteiger partial charge in [0, 0.05) is 23.5 Å². The molecule has 0 saturated heterocycles. The third-order valence-electron chi connectivity index (χ3n) is 4.46. The van der Waals surface area contributed by atoms with Gasteiger partial charge in [-0.15, -0.1) is 0 Å². The second-order valence-electron chi connectivity index (χ2n) is 6.32. The molecule has 0 bridgehead atoms. The SMILES string of the molecule is O=C(Cn1ccn(-c2cccc3ccccc23)c(=O)c1=O)Nc1ccccc1. The van der Waals surface area contributed by atoms with Crippen molar-refractivity contribution < 1.29 is 4.79 Å². The summed E-state index contributed by atoms with van der Waals surface area (Å²) in [7, 11) is 0. The Bertz CT molecular complexity index is 1270. The molecule has 1 N–H and O–H groups in total. The largest absolute Gasteiger partial charge is 0.325 e. The molecular weight excluding hydrogens is 354 g/mol. The first kappa shape index (κ1) is 17.5. The number of hydrogen-bond acceptors (Lipinski definition) is 3. The number of nitrogens with zero attached hydrogens (tertiary/aromatic N) is 2. The van der Waals surface area contributed by atoms with Gasteiger partial charge in [0.2, 0.25) is 5.91 Å². The van der Waals surface area contributed by atoms with Crippen LogP contribution in [-0.2, 0) is 11.3 Å². The number of fused-ring (bicyclic) bond motifs is 1. The number of carbonyl (C=O) groups is 1. The highest BCUT2D eigenvalue weighted by Crippen LogP contribution is 2.20. The predicted molar refractivity (Wildman–Crippen MR) is 109 cm³/mol. The van der Waals surface area contributed by atoms with Crippen LogP contribution in [0.2, 0.25) is 0 Å². The topological polar surface area (TPSA) is 73.1 Å². The minimum Gasteiger partial charge on any atom is -0.325 e. The van der Waals surface area contributed by atoms with Crippen LogP contribution in [0.25, 0.3) is 16.5 Å². The van der Waals surface area contributed by atoms with Crippen molar-refractivity contribution in [3.8, 4) is 5.69 Å². The molecule has 28 heavy (non-hydrogen) atoms. The summed E-state index contributed by atoms with van der Waals surface area (Å²) >= 11 is 0. The van der Waals surface area contributed by atoms with E-state index in [1.54, 1.807) is 30.3 Å². The standard InChI is InChI=1S/C22H17N3O3/c26-20(23-17-9-2-1-3-10-17)15-24-13-14-25(22(28)21(24)27)19-12-6-8-16-7-4-5-11-18(16)19/h1-14H,15H2,(H,23,26). The zero-order valence-corrected chi connectivity index (χ0v) is 14.9. The van der Waals surface area contributed by atoms with E-state index < -0.39 is 11.1 Å². The fourth-order valence-corrected chi connectivity index (χ4v) is 3.12. The number of hydrogen-bond donors (Lipinski definition) is 1. The zero-order chi connectivity index (χ0) is 19.5. The molecular formula is C22H17N3O3. The summed E-state index contributed by atoms with van der Waals surface area (Å²) in [6.45, 7) is -0.237. The van der Waals surface area contributed by atoms with Crippen LogP contribution in [0, 0.1) is 0 Å². The summed E-state index contributed by atoms with van der Waals surface area (Å²) in [6, 6.07) is 22.1. The Balaban J connectivity index is 1.67. The molecule has 0 radical (unpaired) electrons. The van der Waals surface area contributed by atoms with Crippen molar-refractivity contribution in [1.29, 1.82) is 0 Å². The Morgan fingerprint density at radius 3 is 2.32 bits per heavy atom. The molecule has 138 valence electrons. The van der Waals surface area contributed by atoms with E-state index in [2.05, 4.69) is 5.32 Å². The van der Waals surface area contributed by atoms with E-state index in [9.17, 15) is 14.4 Å². The van der Waals surface area contributed by atoms with Crippen molar-refractivity contribution in [3.63, 3.8) is 0 Å². The average Bonchev–Trinajstić information content (AvgIpc) is 2.72. The molecule has 0 fully saturated rings. The summed E-state index contributed by atoms with van der Waals surface area (Å²) in [5.74, 6) is -0.379. The third kappa shape index (κ3) is 3.35. The van der Waals surface area contributed by atoms with Gasteiger partial charge >= 0.3 is 11.1 Å². The molecule has 4 rings (SSSR count). The molecule has 6 nitrogen and oxygen atoms in total. The Labute approximate surface area is 160 Å². The van der Waals surface area contributed by atoms with E-state index >= 15 is 0 Å². The van der Waals surface area contributed by atoms with Crippen LogP contribution in [0.15, 0.2) is 94.8 Å². The quantitative estimate of drug-likeness (QED) is 0.561. The molecule has 0 aliphatic heterocycles. The Morgan fingerprint density at radius 1 is 0.786 bits per heavy atom. The maximum Gasteiger partial charge on any atom is 0.321 e. The van der Waals surface area contributed by atoms with Gasteiger partial charge in [-0.05, 0) is 23.6 Å². The minimum absolute atomic E-state index is 0.237. The number of anilines is 1. The normalized spacial score (nSPS) is 10.7. The maximum atomic E-state index is 12.7. The van der Waals surface area contributed by atoms with Crippen LogP contribution in [0.1, 0.15) is 0 Å². The highest BCUT2D eigenvalue weighted by Gasteiger charge is 2.11. The Kier molecular flexibility index (Phi) is 4.60. The highest BCUT2D eigenvalue weighted by atomic mass is 16.2. The lowest BCUT2D eigenvalue weighted by molar-refractivity contribution is -0.116. The number of carbonyl (C=O) groups excluding carboxylic acids is 1. The lowest BCUT2D eigenvalue weighted by Gasteiger charge is -2.11. The Hall–Kier alpha value is -3.93. The fourth-order valence-electron chi connectivity index (χ4n) is 3.12. The van der Waals surface area contributed by atoms with Crippen LogP contribution in [0.3, 0.4) is 0 Å². The fraction of sp³-hybridized carbons (Fsp3) is 0.0455. The van der Waals surface area contributed by atoms with E-state index in [4.69, 9.17) is 0 Å². The first-order valence-corrected chi connectivity index (χ1v) is 8.78. The van der Waals surface area contributed by atoms with Crippen molar-refractivity contribution in [3.05, 3.63) is 106 Å². The summed E-state index contributed by atoms with van der Waals surface area (Å²) in [4.78, 5) is 37.4. The van der Waals surface area contributed by atoms with Crippen molar-refractivity contribution in [1.82, 2.24) is 9.13 Å². The Morgan fingerprint density at radius 2 is 1.50 bits per heavy atom. The van der Waals surface area contributed by atoms with E-state index in [-0.39, 0.29) is 12.5 Å². The molecule has 1 amide bonds. The van der Waals surface area contributed by atoms with Gasteiger partial charge in [0.1, 0.15) is 6.54 Å². The monoisotopic (exact) mass is 371 g/mol. The third-order valence-corrected chi connectivity index (χ3v) is 4.46. The van der Waals surface area contributed by atoms with Crippen molar-refractivity contribution >= 4 is 22.4 Å². The first-order chi connectivity index (χ1) is 13.6. The van der Waals surface area contributed by atoms with Crippen molar-refractivity contribution in [2.45, 2.75) is 6.54 Å². The summed E-state index contributed by atoms with van der Waals surface area (Å²) in [5.41, 5.74) is -0.198. The summed E-state index contributed by atoms with van der Waals surface area (Å²) < 4.78 is 2.43. The predicted octanol–water partition coefficient (Wildman–Crippen LogP) is 2.79. The van der Waals surface area contributed by atoms with Crippen LogP contribution in [0.5, 0.6) is 0 Å². The first-order valence-electron chi connectivity index (χ1n) is 8.78. The molecule has 4 aromatic rings. The van der Waals surface area contributed by atoms with Gasteiger partial charge in [-0.2, -0.15) is 0 Å². The van der Waals surface area contributed by atoms with E-state index in [0.717, 1.165) is 15.3 Å². The van der Waals surface area contributed by atoms with E-state index in [0.29, 0.717) is 11.4 Å². The smallest absolute Gasteiger partial charge is 0.321 e. The van der Waals surface area contributed by atoms with Gasteiger partial charge in [-0.1, -0.05) is 54.6 Å². The zero-order valence-electron chi connectivity index (χ0n) is 14.9. The van der Waals surface area contributed by atoms with E-state index in [1.165, 1.54) is 17.0 Å². The lowest BCUT2D eigenvalue weighted by Crippen LogP contribution is -2.41. The molecule has 1 heterocycles. The van der Waals surface area contributed by atoms with Gasteiger partial charge in [-0.3, -0.25) is 23.5 Å². The number of nitrogens with one attached hydrogen (secondary N) is 1. The molecule has 0 aliphatic carbocycles. The van der Waals surface area contributed by atoms with Gasteiger partial charge in [-0.25, -0.2) is 0 Å². The number of para-hydroxylation sites is 1. The number of rotatable bonds is 4.